The molecule has 1 aromatic heterocycles. The van der Waals surface area contributed by atoms with E-state index in [-0.39, 0.29) is 5.91 Å². The first-order chi connectivity index (χ1) is 11.7. The van der Waals surface area contributed by atoms with Crippen molar-refractivity contribution >= 4 is 17.4 Å². The molecule has 0 bridgehead atoms. The minimum Gasteiger partial charge on any atom is -0.353 e. The maximum atomic E-state index is 12.2. The van der Waals surface area contributed by atoms with Crippen LogP contribution < -0.4 is 10.2 Å². The van der Waals surface area contributed by atoms with E-state index in [1.807, 2.05) is 18.2 Å². The van der Waals surface area contributed by atoms with Crippen molar-refractivity contribution in [1.82, 2.24) is 14.9 Å². The summed E-state index contributed by atoms with van der Waals surface area (Å²) in [6.07, 6.45) is 6.13. The van der Waals surface area contributed by atoms with E-state index in [0.29, 0.717) is 6.54 Å². The molecule has 1 N–H and O–H groups in total. The SMILES string of the molecule is CCc1cccc(NC(=O)CN2CCN(c3cnccn3)CC2)c1. The molecule has 1 fully saturated rings. The summed E-state index contributed by atoms with van der Waals surface area (Å²) in [6, 6.07) is 8.02. The number of carbonyl (C=O) groups is 1. The van der Waals surface area contributed by atoms with E-state index in [0.717, 1.165) is 44.1 Å². The molecular weight excluding hydrogens is 302 g/mol. The number of nitrogens with one attached hydrogen (secondary N) is 1. The molecule has 1 aliphatic heterocycles. The number of amides is 1. The number of nitrogens with zero attached hydrogens (tertiary/aromatic N) is 4. The van der Waals surface area contributed by atoms with Crippen LogP contribution in [0.4, 0.5) is 11.5 Å². The van der Waals surface area contributed by atoms with Crippen molar-refractivity contribution in [2.24, 2.45) is 0 Å². The van der Waals surface area contributed by atoms with E-state index in [1.165, 1.54) is 5.56 Å². The Labute approximate surface area is 142 Å². The number of carbonyl (C=O) groups excluding carboxylic acids is 1. The number of hydrogen-bond donors (Lipinski definition) is 1. The minimum absolute atomic E-state index is 0.0382. The van der Waals surface area contributed by atoms with Crippen LogP contribution in [0.1, 0.15) is 12.5 Å². The van der Waals surface area contributed by atoms with Gasteiger partial charge in [-0.15, -0.1) is 0 Å². The third-order valence-corrected chi connectivity index (χ3v) is 4.23. The predicted octanol–water partition coefficient (Wildman–Crippen LogP) is 1.80. The zero-order chi connectivity index (χ0) is 16.8. The molecule has 0 aliphatic carbocycles. The normalized spacial score (nSPS) is 15.3. The molecule has 3 rings (SSSR count). The largest absolute Gasteiger partial charge is 0.353 e. The Balaban J connectivity index is 1.48. The van der Waals surface area contributed by atoms with E-state index in [1.54, 1.807) is 18.6 Å². The molecular formula is C18H23N5O. The number of hydrogen-bond acceptors (Lipinski definition) is 5. The number of benzene rings is 1. The van der Waals surface area contributed by atoms with Gasteiger partial charge in [-0.3, -0.25) is 14.7 Å². The Bertz CT molecular complexity index is 668. The van der Waals surface area contributed by atoms with Gasteiger partial charge in [0.2, 0.25) is 5.91 Å². The molecule has 1 amide bonds. The fourth-order valence-electron chi connectivity index (χ4n) is 2.86. The van der Waals surface area contributed by atoms with Crippen LogP contribution in [-0.2, 0) is 11.2 Å². The van der Waals surface area contributed by atoms with Gasteiger partial charge in [-0.1, -0.05) is 19.1 Å². The number of aromatic nitrogens is 2. The fourth-order valence-corrected chi connectivity index (χ4v) is 2.86. The van der Waals surface area contributed by atoms with Gasteiger partial charge in [0.25, 0.3) is 0 Å². The third kappa shape index (κ3) is 4.29. The van der Waals surface area contributed by atoms with Crippen molar-refractivity contribution < 1.29 is 4.79 Å². The summed E-state index contributed by atoms with van der Waals surface area (Å²) in [5, 5.41) is 2.99. The zero-order valence-electron chi connectivity index (χ0n) is 14.0. The molecule has 0 atom stereocenters. The van der Waals surface area contributed by atoms with Crippen LogP contribution in [-0.4, -0.2) is 53.5 Å². The molecule has 2 aromatic rings. The van der Waals surface area contributed by atoms with Gasteiger partial charge in [0.1, 0.15) is 5.82 Å². The minimum atomic E-state index is 0.0382. The summed E-state index contributed by atoms with van der Waals surface area (Å²) in [6.45, 7) is 5.94. The molecule has 1 aliphatic rings. The lowest BCUT2D eigenvalue weighted by Crippen LogP contribution is -2.48. The van der Waals surface area contributed by atoms with E-state index in [2.05, 4.69) is 38.1 Å². The zero-order valence-corrected chi connectivity index (χ0v) is 14.0. The number of aryl methyl sites for hydroxylation is 1. The Kier molecular flexibility index (Phi) is 5.38. The molecule has 6 heteroatoms. The van der Waals surface area contributed by atoms with Crippen LogP contribution in [0.15, 0.2) is 42.9 Å². The van der Waals surface area contributed by atoms with Gasteiger partial charge < -0.3 is 10.2 Å². The Morgan fingerprint density at radius 3 is 2.75 bits per heavy atom. The highest BCUT2D eigenvalue weighted by atomic mass is 16.2. The van der Waals surface area contributed by atoms with Gasteiger partial charge in [-0.2, -0.15) is 0 Å². The van der Waals surface area contributed by atoms with Crippen molar-refractivity contribution in [3.8, 4) is 0 Å². The highest BCUT2D eigenvalue weighted by Gasteiger charge is 2.19. The molecule has 0 radical (unpaired) electrons. The average molecular weight is 325 g/mol. The molecule has 126 valence electrons. The van der Waals surface area contributed by atoms with E-state index in [4.69, 9.17) is 0 Å². The van der Waals surface area contributed by atoms with E-state index >= 15 is 0 Å². The Morgan fingerprint density at radius 2 is 2.04 bits per heavy atom. The third-order valence-electron chi connectivity index (χ3n) is 4.23. The molecule has 6 nitrogen and oxygen atoms in total. The highest BCUT2D eigenvalue weighted by Crippen LogP contribution is 2.13. The average Bonchev–Trinajstić information content (AvgIpc) is 2.63. The number of piperazine rings is 1. The maximum Gasteiger partial charge on any atom is 0.238 e. The van der Waals surface area contributed by atoms with Crippen LogP contribution in [0.3, 0.4) is 0 Å². The van der Waals surface area contributed by atoms with Crippen LogP contribution in [0.2, 0.25) is 0 Å². The van der Waals surface area contributed by atoms with Crippen LogP contribution in [0.5, 0.6) is 0 Å². The summed E-state index contributed by atoms with van der Waals surface area (Å²) in [7, 11) is 0. The maximum absolute atomic E-state index is 12.2. The Morgan fingerprint density at radius 1 is 1.21 bits per heavy atom. The predicted molar refractivity (Wildman–Crippen MR) is 95.1 cm³/mol. The van der Waals surface area contributed by atoms with Gasteiger partial charge >= 0.3 is 0 Å². The van der Waals surface area contributed by atoms with E-state index < -0.39 is 0 Å². The van der Waals surface area contributed by atoms with Crippen LogP contribution in [0, 0.1) is 0 Å². The summed E-state index contributed by atoms with van der Waals surface area (Å²) >= 11 is 0. The molecule has 0 spiro atoms. The highest BCUT2D eigenvalue weighted by molar-refractivity contribution is 5.92. The van der Waals surface area contributed by atoms with Gasteiger partial charge in [0.05, 0.1) is 12.7 Å². The molecule has 1 aromatic carbocycles. The topological polar surface area (TPSA) is 61.4 Å². The van der Waals surface area contributed by atoms with E-state index in [9.17, 15) is 4.79 Å². The molecule has 0 unspecified atom stereocenters. The molecule has 1 saturated heterocycles. The number of anilines is 2. The summed E-state index contributed by atoms with van der Waals surface area (Å²) < 4.78 is 0. The summed E-state index contributed by atoms with van der Waals surface area (Å²) in [5.74, 6) is 0.939. The van der Waals surface area contributed by atoms with Crippen molar-refractivity contribution in [2.45, 2.75) is 13.3 Å². The van der Waals surface area contributed by atoms with Crippen LogP contribution in [0.25, 0.3) is 0 Å². The lowest BCUT2D eigenvalue weighted by molar-refractivity contribution is -0.117. The van der Waals surface area contributed by atoms with Gasteiger partial charge in [0, 0.05) is 44.3 Å². The first-order valence-electron chi connectivity index (χ1n) is 8.36. The van der Waals surface area contributed by atoms with Crippen molar-refractivity contribution in [2.75, 3.05) is 42.9 Å². The second-order valence-corrected chi connectivity index (χ2v) is 5.93. The second kappa shape index (κ2) is 7.88. The van der Waals surface area contributed by atoms with Crippen molar-refractivity contribution in [1.29, 1.82) is 0 Å². The van der Waals surface area contributed by atoms with Gasteiger partial charge in [-0.25, -0.2) is 4.98 Å². The first kappa shape index (κ1) is 16.4. The van der Waals surface area contributed by atoms with Gasteiger partial charge in [0.15, 0.2) is 0 Å². The van der Waals surface area contributed by atoms with Crippen LogP contribution >= 0.6 is 0 Å². The number of rotatable bonds is 5. The lowest BCUT2D eigenvalue weighted by atomic mass is 10.1. The quantitative estimate of drug-likeness (QED) is 0.908. The monoisotopic (exact) mass is 325 g/mol. The molecule has 0 saturated carbocycles. The summed E-state index contributed by atoms with van der Waals surface area (Å²) in [5.41, 5.74) is 2.10. The summed E-state index contributed by atoms with van der Waals surface area (Å²) in [4.78, 5) is 25.0. The fraction of sp³-hybridized carbons (Fsp3) is 0.389. The molecule has 2 heterocycles. The second-order valence-electron chi connectivity index (χ2n) is 5.93. The standard InChI is InChI=1S/C18H23N5O/c1-2-15-4-3-5-16(12-15)21-18(24)14-22-8-10-23(11-9-22)17-13-19-6-7-20-17/h3-7,12-13H,2,8-11,14H2,1H3,(H,21,24). The van der Waals surface area contributed by atoms with Crippen molar-refractivity contribution in [3.63, 3.8) is 0 Å². The smallest absolute Gasteiger partial charge is 0.238 e. The Hall–Kier alpha value is -2.47. The lowest BCUT2D eigenvalue weighted by Gasteiger charge is -2.34. The van der Waals surface area contributed by atoms with Gasteiger partial charge in [-0.05, 0) is 24.1 Å². The first-order valence-corrected chi connectivity index (χ1v) is 8.36. The molecule has 24 heavy (non-hydrogen) atoms. The van der Waals surface area contributed by atoms with Crippen molar-refractivity contribution in [3.05, 3.63) is 48.4 Å².